The van der Waals surface area contributed by atoms with E-state index in [1.807, 2.05) is 32.0 Å². The van der Waals surface area contributed by atoms with Crippen LogP contribution in [-0.2, 0) is 4.79 Å². The summed E-state index contributed by atoms with van der Waals surface area (Å²) in [6.45, 7) is 5.86. The fraction of sp³-hybridized carbons (Fsp3) is 0.571. The van der Waals surface area contributed by atoms with Crippen molar-refractivity contribution in [2.75, 3.05) is 13.1 Å². The number of hydrogen-bond donors (Lipinski definition) is 2. The molecule has 2 N–H and O–H groups in total. The molecule has 0 aromatic carbocycles. The highest BCUT2D eigenvalue weighted by molar-refractivity contribution is 5.82. The fourth-order valence-electron chi connectivity index (χ4n) is 2.28. The first-order valence-electron chi connectivity index (χ1n) is 6.54. The van der Waals surface area contributed by atoms with Crippen molar-refractivity contribution in [1.82, 2.24) is 15.6 Å². The lowest BCUT2D eigenvalue weighted by Crippen LogP contribution is -2.46. The molecule has 1 aliphatic rings. The minimum absolute atomic E-state index is 0.0367. The van der Waals surface area contributed by atoms with Crippen molar-refractivity contribution in [3.8, 4) is 0 Å². The lowest BCUT2D eigenvalue weighted by molar-refractivity contribution is -0.132. The standard InChI is InChI=1S/C14H21N3O/c1-11(12-5-3-4-8-16-12)17-13(18)14(2)6-9-15-10-7-14/h3-5,8,11,15H,6-7,9-10H2,1-2H3,(H,17,18)/t11-/m1/s1. The number of amides is 1. The van der Waals surface area contributed by atoms with Crippen molar-refractivity contribution in [2.45, 2.75) is 32.7 Å². The maximum Gasteiger partial charge on any atom is 0.226 e. The van der Waals surface area contributed by atoms with Gasteiger partial charge in [-0.3, -0.25) is 9.78 Å². The molecule has 18 heavy (non-hydrogen) atoms. The zero-order valence-corrected chi connectivity index (χ0v) is 11.1. The molecule has 1 aliphatic heterocycles. The van der Waals surface area contributed by atoms with Gasteiger partial charge < -0.3 is 10.6 Å². The molecule has 1 saturated heterocycles. The second kappa shape index (κ2) is 5.48. The average molecular weight is 247 g/mol. The smallest absolute Gasteiger partial charge is 0.226 e. The van der Waals surface area contributed by atoms with Crippen molar-refractivity contribution in [2.24, 2.45) is 5.41 Å². The van der Waals surface area contributed by atoms with Gasteiger partial charge in [0.15, 0.2) is 0 Å². The molecular weight excluding hydrogens is 226 g/mol. The van der Waals surface area contributed by atoms with E-state index in [0.29, 0.717) is 0 Å². The van der Waals surface area contributed by atoms with E-state index in [4.69, 9.17) is 0 Å². The molecule has 0 saturated carbocycles. The van der Waals surface area contributed by atoms with Crippen molar-refractivity contribution >= 4 is 5.91 Å². The van der Waals surface area contributed by atoms with Crippen LogP contribution in [0, 0.1) is 5.41 Å². The minimum Gasteiger partial charge on any atom is -0.348 e. The highest BCUT2D eigenvalue weighted by atomic mass is 16.2. The molecule has 1 fully saturated rings. The van der Waals surface area contributed by atoms with E-state index in [-0.39, 0.29) is 17.4 Å². The Morgan fingerprint density at radius 2 is 2.17 bits per heavy atom. The summed E-state index contributed by atoms with van der Waals surface area (Å²) in [6.07, 6.45) is 3.55. The third-order valence-electron chi connectivity index (χ3n) is 3.73. The number of nitrogens with zero attached hydrogens (tertiary/aromatic N) is 1. The van der Waals surface area contributed by atoms with E-state index < -0.39 is 0 Å². The Bertz CT molecular complexity index is 399. The van der Waals surface area contributed by atoms with E-state index in [9.17, 15) is 4.79 Å². The number of pyridine rings is 1. The number of nitrogens with one attached hydrogen (secondary N) is 2. The van der Waals surface area contributed by atoms with Gasteiger partial charge in [-0.05, 0) is 45.0 Å². The molecule has 4 nitrogen and oxygen atoms in total. The van der Waals surface area contributed by atoms with Crippen molar-refractivity contribution in [1.29, 1.82) is 0 Å². The molecule has 1 aromatic rings. The molecule has 0 bridgehead atoms. The summed E-state index contributed by atoms with van der Waals surface area (Å²) in [5, 5.41) is 6.36. The largest absolute Gasteiger partial charge is 0.348 e. The van der Waals surface area contributed by atoms with Crippen molar-refractivity contribution in [3.05, 3.63) is 30.1 Å². The van der Waals surface area contributed by atoms with E-state index in [1.54, 1.807) is 6.20 Å². The lowest BCUT2D eigenvalue weighted by Gasteiger charge is -2.33. The van der Waals surface area contributed by atoms with Crippen LogP contribution in [0.2, 0.25) is 0 Å². The van der Waals surface area contributed by atoms with Crippen LogP contribution < -0.4 is 10.6 Å². The first-order valence-corrected chi connectivity index (χ1v) is 6.54. The molecule has 98 valence electrons. The van der Waals surface area contributed by atoms with E-state index in [2.05, 4.69) is 15.6 Å². The maximum absolute atomic E-state index is 12.3. The summed E-state index contributed by atoms with van der Waals surface area (Å²) in [5.74, 6) is 0.141. The van der Waals surface area contributed by atoms with Gasteiger partial charge in [-0.15, -0.1) is 0 Å². The second-order valence-corrected chi connectivity index (χ2v) is 5.26. The summed E-state index contributed by atoms with van der Waals surface area (Å²) in [5.41, 5.74) is 0.664. The molecule has 0 unspecified atom stereocenters. The summed E-state index contributed by atoms with van der Waals surface area (Å²) < 4.78 is 0. The number of hydrogen-bond acceptors (Lipinski definition) is 3. The van der Waals surface area contributed by atoms with Gasteiger partial charge in [0.2, 0.25) is 5.91 Å². The van der Waals surface area contributed by atoms with Crippen LogP contribution in [-0.4, -0.2) is 24.0 Å². The number of carbonyl (C=O) groups is 1. The Labute approximate surface area is 108 Å². The highest BCUT2D eigenvalue weighted by Crippen LogP contribution is 2.28. The Morgan fingerprint density at radius 1 is 1.44 bits per heavy atom. The van der Waals surface area contributed by atoms with Crippen molar-refractivity contribution in [3.63, 3.8) is 0 Å². The minimum atomic E-state index is -0.242. The van der Waals surface area contributed by atoms with Gasteiger partial charge in [0.1, 0.15) is 0 Å². The summed E-state index contributed by atoms with van der Waals surface area (Å²) in [7, 11) is 0. The molecule has 4 heteroatoms. The first kappa shape index (κ1) is 13.0. The number of rotatable bonds is 3. The quantitative estimate of drug-likeness (QED) is 0.854. The van der Waals surface area contributed by atoms with Gasteiger partial charge in [-0.1, -0.05) is 13.0 Å². The molecule has 0 aliphatic carbocycles. The van der Waals surface area contributed by atoms with Crippen LogP contribution in [0.5, 0.6) is 0 Å². The summed E-state index contributed by atoms with van der Waals surface area (Å²) >= 11 is 0. The van der Waals surface area contributed by atoms with Gasteiger partial charge in [-0.25, -0.2) is 0 Å². The SMILES string of the molecule is C[C@@H](NC(=O)C1(C)CCNCC1)c1ccccn1. The summed E-state index contributed by atoms with van der Waals surface area (Å²) in [4.78, 5) is 16.6. The third kappa shape index (κ3) is 2.88. The van der Waals surface area contributed by atoms with Crippen LogP contribution in [0.25, 0.3) is 0 Å². The predicted molar refractivity (Wildman–Crippen MR) is 71.0 cm³/mol. The first-order chi connectivity index (χ1) is 8.62. The highest BCUT2D eigenvalue weighted by Gasteiger charge is 2.35. The van der Waals surface area contributed by atoms with Crippen molar-refractivity contribution < 1.29 is 4.79 Å². The van der Waals surface area contributed by atoms with Crippen LogP contribution in [0.15, 0.2) is 24.4 Å². The number of carbonyl (C=O) groups excluding carboxylic acids is 1. The molecule has 1 atom stereocenters. The van der Waals surface area contributed by atoms with Gasteiger partial charge in [0.05, 0.1) is 11.7 Å². The fourth-order valence-corrected chi connectivity index (χ4v) is 2.28. The van der Waals surface area contributed by atoms with Gasteiger partial charge in [0, 0.05) is 11.6 Å². The Balaban J connectivity index is 1.98. The molecule has 1 amide bonds. The Kier molecular flexibility index (Phi) is 3.97. The van der Waals surface area contributed by atoms with E-state index in [1.165, 1.54) is 0 Å². The molecule has 2 rings (SSSR count). The summed E-state index contributed by atoms with van der Waals surface area (Å²) in [6, 6.07) is 5.73. The molecule has 0 radical (unpaired) electrons. The maximum atomic E-state index is 12.3. The molecule has 2 heterocycles. The number of piperidine rings is 1. The van der Waals surface area contributed by atoms with Gasteiger partial charge in [-0.2, -0.15) is 0 Å². The zero-order valence-electron chi connectivity index (χ0n) is 11.1. The monoisotopic (exact) mass is 247 g/mol. The average Bonchev–Trinajstić information content (AvgIpc) is 2.40. The third-order valence-corrected chi connectivity index (χ3v) is 3.73. The topological polar surface area (TPSA) is 54.0 Å². The zero-order chi connectivity index (χ0) is 13.0. The van der Waals surface area contributed by atoms with E-state index in [0.717, 1.165) is 31.6 Å². The predicted octanol–water partition coefficient (Wildman–Crippen LogP) is 1.65. The Morgan fingerprint density at radius 3 is 2.78 bits per heavy atom. The molecular formula is C14H21N3O. The molecule has 0 spiro atoms. The van der Waals surface area contributed by atoms with Crippen LogP contribution >= 0.6 is 0 Å². The Hall–Kier alpha value is -1.42. The molecule has 1 aromatic heterocycles. The van der Waals surface area contributed by atoms with Gasteiger partial charge in [0.25, 0.3) is 0 Å². The van der Waals surface area contributed by atoms with Crippen LogP contribution in [0.1, 0.15) is 38.4 Å². The normalized spacial score (nSPS) is 20.1. The van der Waals surface area contributed by atoms with E-state index >= 15 is 0 Å². The van der Waals surface area contributed by atoms with Crippen LogP contribution in [0.4, 0.5) is 0 Å². The number of aromatic nitrogens is 1. The lowest BCUT2D eigenvalue weighted by atomic mass is 9.80. The van der Waals surface area contributed by atoms with Crippen LogP contribution in [0.3, 0.4) is 0 Å². The van der Waals surface area contributed by atoms with Gasteiger partial charge >= 0.3 is 0 Å². The second-order valence-electron chi connectivity index (χ2n) is 5.26.